The molecule has 0 aliphatic rings. The van der Waals surface area contributed by atoms with Crippen LogP contribution < -0.4 is 5.73 Å². The highest BCUT2D eigenvalue weighted by atomic mass is 32.1. The molecule has 0 saturated heterocycles. The summed E-state index contributed by atoms with van der Waals surface area (Å²) in [7, 11) is 0. The van der Waals surface area contributed by atoms with E-state index in [0.717, 1.165) is 29.9 Å². The maximum absolute atomic E-state index is 5.80. The zero-order valence-corrected chi connectivity index (χ0v) is 13.0. The molecule has 0 amide bonds. The minimum Gasteiger partial charge on any atom is -0.389 e. The zero-order valence-electron chi connectivity index (χ0n) is 11.4. The van der Waals surface area contributed by atoms with Crippen molar-refractivity contribution in [2.24, 2.45) is 5.73 Å². The first-order valence-electron chi connectivity index (χ1n) is 6.64. The largest absolute Gasteiger partial charge is 0.389 e. The maximum atomic E-state index is 5.80. The number of thiocarbonyl (C=S) groups is 1. The molecule has 0 aliphatic carbocycles. The highest BCUT2D eigenvalue weighted by Gasteiger charge is 2.09. The van der Waals surface area contributed by atoms with Crippen molar-refractivity contribution < 1.29 is 0 Å². The molecule has 0 radical (unpaired) electrons. The van der Waals surface area contributed by atoms with E-state index >= 15 is 0 Å². The van der Waals surface area contributed by atoms with Crippen LogP contribution in [0.15, 0.2) is 54.2 Å². The zero-order chi connectivity index (χ0) is 14.7. The highest BCUT2D eigenvalue weighted by molar-refractivity contribution is 7.80. The fraction of sp³-hybridized carbons (Fsp3) is 0.125. The minimum atomic E-state index is 0.436. The molecule has 3 nitrogen and oxygen atoms in total. The van der Waals surface area contributed by atoms with Crippen LogP contribution in [0.25, 0.3) is 0 Å². The summed E-state index contributed by atoms with van der Waals surface area (Å²) in [4.78, 5) is 6.21. The van der Waals surface area contributed by atoms with E-state index in [1.54, 1.807) is 11.3 Å². The van der Waals surface area contributed by atoms with Crippen molar-refractivity contribution in [1.29, 1.82) is 0 Å². The Morgan fingerprint density at radius 2 is 2.10 bits per heavy atom. The van der Waals surface area contributed by atoms with E-state index in [-0.39, 0.29) is 0 Å². The summed E-state index contributed by atoms with van der Waals surface area (Å²) in [5.74, 6) is 1.05. The van der Waals surface area contributed by atoms with Crippen molar-refractivity contribution >= 4 is 28.5 Å². The van der Waals surface area contributed by atoms with E-state index in [1.165, 1.54) is 4.88 Å². The first kappa shape index (κ1) is 14.0. The van der Waals surface area contributed by atoms with E-state index in [1.807, 2.05) is 30.6 Å². The molecular formula is C16H15N3S2. The maximum Gasteiger partial charge on any atom is 0.114 e. The van der Waals surface area contributed by atoms with E-state index in [9.17, 15) is 0 Å². The number of rotatable bonds is 5. The van der Waals surface area contributed by atoms with Gasteiger partial charge in [-0.15, -0.1) is 11.3 Å². The molecule has 2 heterocycles. The lowest BCUT2D eigenvalue weighted by molar-refractivity contribution is 0.742. The molecule has 0 bridgehead atoms. The summed E-state index contributed by atoms with van der Waals surface area (Å²) >= 11 is 6.88. The van der Waals surface area contributed by atoms with Gasteiger partial charge in [-0.05, 0) is 17.0 Å². The van der Waals surface area contributed by atoms with Crippen molar-refractivity contribution in [2.45, 2.75) is 13.0 Å². The van der Waals surface area contributed by atoms with Crippen molar-refractivity contribution in [3.8, 4) is 0 Å². The van der Waals surface area contributed by atoms with Gasteiger partial charge in [-0.1, -0.05) is 42.5 Å². The van der Waals surface area contributed by atoms with Crippen LogP contribution in [-0.2, 0) is 13.0 Å². The van der Waals surface area contributed by atoms with Gasteiger partial charge in [-0.25, -0.2) is 4.98 Å². The number of nitrogens with two attached hydrogens (primary N) is 1. The summed E-state index contributed by atoms with van der Waals surface area (Å²) in [6.07, 6.45) is 4.69. The number of hydrogen-bond donors (Lipinski definition) is 1. The van der Waals surface area contributed by atoms with Gasteiger partial charge in [0.2, 0.25) is 0 Å². The van der Waals surface area contributed by atoms with Crippen LogP contribution in [-0.4, -0.2) is 14.5 Å². The number of imidazole rings is 1. The Hall–Kier alpha value is -1.98. The Labute approximate surface area is 133 Å². The lowest BCUT2D eigenvalue weighted by atomic mass is 10.1. The molecule has 21 heavy (non-hydrogen) atoms. The highest BCUT2D eigenvalue weighted by Crippen LogP contribution is 2.16. The number of hydrogen-bond acceptors (Lipinski definition) is 3. The van der Waals surface area contributed by atoms with Crippen molar-refractivity contribution in [1.82, 2.24) is 9.55 Å². The van der Waals surface area contributed by atoms with Gasteiger partial charge in [-0.2, -0.15) is 0 Å². The molecular weight excluding hydrogens is 298 g/mol. The second kappa shape index (κ2) is 6.20. The van der Waals surface area contributed by atoms with Gasteiger partial charge >= 0.3 is 0 Å². The van der Waals surface area contributed by atoms with Crippen LogP contribution in [0.3, 0.4) is 0 Å². The van der Waals surface area contributed by atoms with Crippen LogP contribution >= 0.6 is 23.6 Å². The van der Waals surface area contributed by atoms with E-state index in [2.05, 4.69) is 33.1 Å². The smallest absolute Gasteiger partial charge is 0.114 e. The number of thiophene rings is 1. The molecule has 0 spiro atoms. The predicted octanol–water partition coefficient (Wildman–Crippen LogP) is 3.22. The molecule has 0 atom stereocenters. The van der Waals surface area contributed by atoms with Crippen LogP contribution in [0.4, 0.5) is 0 Å². The van der Waals surface area contributed by atoms with E-state index in [4.69, 9.17) is 18.0 Å². The van der Waals surface area contributed by atoms with Crippen LogP contribution in [0.2, 0.25) is 0 Å². The molecule has 0 unspecified atom stereocenters. The Kier molecular flexibility index (Phi) is 4.13. The SMILES string of the molecule is NC(=S)c1ccccc1Cn1ccnc1Cc1cccs1. The monoisotopic (exact) mass is 313 g/mol. The number of nitrogens with zero attached hydrogens (tertiary/aromatic N) is 2. The van der Waals surface area contributed by atoms with E-state index in [0.29, 0.717) is 4.99 Å². The molecule has 106 valence electrons. The summed E-state index contributed by atoms with van der Waals surface area (Å²) in [5.41, 5.74) is 7.85. The van der Waals surface area contributed by atoms with Crippen LogP contribution in [0.5, 0.6) is 0 Å². The third-order valence-electron chi connectivity index (χ3n) is 3.34. The molecule has 0 aliphatic heterocycles. The Morgan fingerprint density at radius 3 is 2.86 bits per heavy atom. The van der Waals surface area contributed by atoms with Gasteiger partial charge in [0.15, 0.2) is 0 Å². The molecule has 2 aromatic heterocycles. The van der Waals surface area contributed by atoms with Crippen LogP contribution in [0.1, 0.15) is 21.8 Å². The lowest BCUT2D eigenvalue weighted by Crippen LogP contribution is -2.14. The van der Waals surface area contributed by atoms with Crippen molar-refractivity contribution in [3.05, 3.63) is 76.0 Å². The average Bonchev–Trinajstić information content (AvgIpc) is 3.12. The quantitative estimate of drug-likeness (QED) is 0.736. The topological polar surface area (TPSA) is 43.8 Å². The predicted molar refractivity (Wildman–Crippen MR) is 90.8 cm³/mol. The second-order valence-corrected chi connectivity index (χ2v) is 6.22. The molecule has 1 aromatic carbocycles. The van der Waals surface area contributed by atoms with Gasteiger partial charge < -0.3 is 10.3 Å². The van der Waals surface area contributed by atoms with Crippen molar-refractivity contribution in [2.75, 3.05) is 0 Å². The van der Waals surface area contributed by atoms with Crippen LogP contribution in [0, 0.1) is 0 Å². The summed E-state index contributed by atoms with van der Waals surface area (Å²) in [5, 5.41) is 2.09. The number of aromatic nitrogens is 2. The standard InChI is InChI=1S/C16H15N3S2/c17-16(20)14-6-2-1-4-12(14)11-19-8-7-18-15(19)10-13-5-3-9-21-13/h1-9H,10-11H2,(H2,17,20). The summed E-state index contributed by atoms with van der Waals surface area (Å²) < 4.78 is 2.15. The first-order valence-corrected chi connectivity index (χ1v) is 7.93. The second-order valence-electron chi connectivity index (χ2n) is 4.75. The molecule has 0 saturated carbocycles. The fourth-order valence-electron chi connectivity index (χ4n) is 2.30. The molecule has 2 N–H and O–H groups in total. The molecule has 3 aromatic rings. The van der Waals surface area contributed by atoms with Gasteiger partial charge in [-0.3, -0.25) is 0 Å². The molecule has 5 heteroatoms. The Morgan fingerprint density at radius 1 is 1.24 bits per heavy atom. The third-order valence-corrected chi connectivity index (χ3v) is 4.43. The Balaban J connectivity index is 1.86. The average molecular weight is 313 g/mol. The van der Waals surface area contributed by atoms with Crippen molar-refractivity contribution in [3.63, 3.8) is 0 Å². The fourth-order valence-corrected chi connectivity index (χ4v) is 3.20. The molecule has 3 rings (SSSR count). The lowest BCUT2D eigenvalue weighted by Gasteiger charge is -2.11. The minimum absolute atomic E-state index is 0.436. The Bertz CT molecular complexity index is 744. The van der Waals surface area contributed by atoms with Gasteiger partial charge in [0, 0.05) is 35.8 Å². The first-order chi connectivity index (χ1) is 10.2. The summed E-state index contributed by atoms with van der Waals surface area (Å²) in [6, 6.07) is 12.2. The molecule has 0 fully saturated rings. The van der Waals surface area contributed by atoms with Gasteiger partial charge in [0.25, 0.3) is 0 Å². The summed E-state index contributed by atoms with van der Waals surface area (Å²) in [6.45, 7) is 0.730. The van der Waals surface area contributed by atoms with Gasteiger partial charge in [0.1, 0.15) is 10.8 Å². The third kappa shape index (κ3) is 3.20. The van der Waals surface area contributed by atoms with E-state index < -0.39 is 0 Å². The number of benzene rings is 1. The van der Waals surface area contributed by atoms with Gasteiger partial charge in [0.05, 0.1) is 0 Å². The normalized spacial score (nSPS) is 10.7.